The minimum Gasteiger partial charge on any atom is -0.440 e. The van der Waals surface area contributed by atoms with Gasteiger partial charge < -0.3 is 10.5 Å². The molecule has 2 N–H and O–H groups in total. The highest BCUT2D eigenvalue weighted by Crippen LogP contribution is 2.47. The van der Waals surface area contributed by atoms with Crippen molar-refractivity contribution in [3.63, 3.8) is 0 Å². The molecule has 4 rings (SSSR count). The average Bonchev–Trinajstić information content (AvgIpc) is 3.14. The number of allylic oxidation sites excluding steroid dienone is 3. The summed E-state index contributed by atoms with van der Waals surface area (Å²) in [7, 11) is 3.81. The van der Waals surface area contributed by atoms with Crippen molar-refractivity contribution >= 4 is 6.08 Å². The van der Waals surface area contributed by atoms with Gasteiger partial charge >= 0.3 is 0 Å². The van der Waals surface area contributed by atoms with Crippen molar-refractivity contribution in [2.45, 2.75) is 39.0 Å². The third-order valence-electron chi connectivity index (χ3n) is 5.45. The van der Waals surface area contributed by atoms with E-state index in [4.69, 9.17) is 10.5 Å². The fraction of sp³-hybridized carbons (Fsp3) is 0.381. The fourth-order valence-electron chi connectivity index (χ4n) is 4.24. The molecule has 2 aromatic rings. The van der Waals surface area contributed by atoms with Crippen molar-refractivity contribution in [2.24, 2.45) is 19.8 Å². The minimum atomic E-state index is -0.207. The molecule has 0 fully saturated rings. The number of rotatable bonds is 2. The summed E-state index contributed by atoms with van der Waals surface area (Å²) >= 11 is 0. The zero-order chi connectivity index (χ0) is 20.0. The second-order valence-corrected chi connectivity index (χ2v) is 7.49. The lowest BCUT2D eigenvalue weighted by Crippen LogP contribution is -2.24. The smallest absolute Gasteiger partial charge is 0.205 e. The summed E-state index contributed by atoms with van der Waals surface area (Å²) in [5.74, 6) is 0.783. The summed E-state index contributed by atoms with van der Waals surface area (Å²) in [5, 5.41) is 18.7. The number of nitrogens with zero attached hydrogens (tertiary/aromatic N) is 5. The normalized spacial score (nSPS) is 21.0. The molecule has 28 heavy (non-hydrogen) atoms. The molecule has 1 atom stereocenters. The van der Waals surface area contributed by atoms with E-state index in [0.717, 1.165) is 58.7 Å². The van der Waals surface area contributed by atoms with Gasteiger partial charge in [0.05, 0.1) is 17.3 Å². The van der Waals surface area contributed by atoms with Crippen LogP contribution in [0.3, 0.4) is 0 Å². The molecule has 144 valence electrons. The molecule has 1 aliphatic carbocycles. The molecule has 0 saturated heterocycles. The van der Waals surface area contributed by atoms with Crippen molar-refractivity contribution in [2.75, 3.05) is 0 Å². The number of hydrogen-bond acceptors (Lipinski definition) is 5. The summed E-state index contributed by atoms with van der Waals surface area (Å²) < 4.78 is 9.61. The van der Waals surface area contributed by atoms with E-state index >= 15 is 0 Å². The van der Waals surface area contributed by atoms with Crippen molar-refractivity contribution in [1.29, 1.82) is 5.26 Å². The van der Waals surface area contributed by atoms with Gasteiger partial charge in [0, 0.05) is 37.6 Å². The van der Waals surface area contributed by atoms with Gasteiger partial charge in [0.1, 0.15) is 17.4 Å². The molecule has 0 amide bonds. The molecule has 0 bridgehead atoms. The maximum absolute atomic E-state index is 9.78. The van der Waals surface area contributed by atoms with Gasteiger partial charge in [-0.05, 0) is 50.3 Å². The maximum atomic E-state index is 9.78. The Labute approximate surface area is 164 Å². The van der Waals surface area contributed by atoms with Crippen LogP contribution in [0.25, 0.3) is 6.08 Å². The Morgan fingerprint density at radius 2 is 1.89 bits per heavy atom. The Morgan fingerprint density at radius 1 is 1.18 bits per heavy atom. The largest absolute Gasteiger partial charge is 0.440 e. The maximum Gasteiger partial charge on any atom is 0.205 e. The van der Waals surface area contributed by atoms with Crippen molar-refractivity contribution in [3.05, 3.63) is 63.3 Å². The molecule has 0 spiro atoms. The summed E-state index contributed by atoms with van der Waals surface area (Å²) in [5.41, 5.74) is 12.8. The first-order valence-electron chi connectivity index (χ1n) is 9.41. The highest BCUT2D eigenvalue weighted by Gasteiger charge is 2.37. The van der Waals surface area contributed by atoms with Crippen LogP contribution in [-0.4, -0.2) is 19.6 Å². The Bertz CT molecular complexity index is 1090. The average molecular weight is 376 g/mol. The van der Waals surface area contributed by atoms with E-state index in [9.17, 15) is 5.26 Å². The Morgan fingerprint density at radius 3 is 2.50 bits per heavy atom. The Balaban J connectivity index is 1.87. The first kappa shape index (κ1) is 18.1. The Hall–Kier alpha value is -3.27. The second-order valence-electron chi connectivity index (χ2n) is 7.49. The SMILES string of the molecule is Cc1nn(C)cc1C=C1CCCC2=C1OC(N)=C(C#N)C2c1cn(C)nc1C. The fourth-order valence-corrected chi connectivity index (χ4v) is 4.24. The van der Waals surface area contributed by atoms with Gasteiger partial charge in [0.2, 0.25) is 5.88 Å². The van der Waals surface area contributed by atoms with E-state index in [1.807, 2.05) is 45.0 Å². The topological polar surface area (TPSA) is 94.7 Å². The van der Waals surface area contributed by atoms with Gasteiger partial charge in [-0.1, -0.05) is 0 Å². The van der Waals surface area contributed by atoms with Gasteiger partial charge in [0.15, 0.2) is 0 Å². The standard InChI is InChI=1S/C21H24N6O/c1-12-15(10-26(3)24-12)8-14-6-5-7-16-19(18-11-27(4)25-13(18)2)17(9-22)21(23)28-20(14)16/h8,10-11,19H,5-7,23H2,1-4H3. The molecular weight excluding hydrogens is 352 g/mol. The monoisotopic (exact) mass is 376 g/mol. The van der Waals surface area contributed by atoms with Crippen LogP contribution < -0.4 is 5.73 Å². The van der Waals surface area contributed by atoms with E-state index in [0.29, 0.717) is 5.57 Å². The van der Waals surface area contributed by atoms with Crippen molar-refractivity contribution in [1.82, 2.24) is 19.6 Å². The first-order chi connectivity index (χ1) is 13.4. The third kappa shape index (κ3) is 2.91. The number of nitriles is 1. The number of hydrogen-bond donors (Lipinski definition) is 1. The van der Waals surface area contributed by atoms with Crippen LogP contribution in [0.2, 0.25) is 0 Å². The lowest BCUT2D eigenvalue weighted by molar-refractivity contribution is 0.277. The van der Waals surface area contributed by atoms with Gasteiger partial charge in [-0.2, -0.15) is 15.5 Å². The third-order valence-corrected chi connectivity index (χ3v) is 5.45. The van der Waals surface area contributed by atoms with Crippen LogP contribution in [0.1, 0.15) is 47.7 Å². The van der Waals surface area contributed by atoms with Crippen LogP contribution in [-0.2, 0) is 18.8 Å². The highest BCUT2D eigenvalue weighted by atomic mass is 16.5. The molecule has 2 aliphatic rings. The molecule has 2 aromatic heterocycles. The second kappa shape index (κ2) is 6.71. The van der Waals surface area contributed by atoms with E-state index in [-0.39, 0.29) is 11.8 Å². The minimum absolute atomic E-state index is 0.185. The van der Waals surface area contributed by atoms with Crippen LogP contribution in [0, 0.1) is 25.2 Å². The van der Waals surface area contributed by atoms with Gasteiger partial charge in [-0.3, -0.25) is 9.36 Å². The summed E-state index contributed by atoms with van der Waals surface area (Å²) in [6, 6.07) is 2.27. The van der Waals surface area contributed by atoms with Gasteiger partial charge in [-0.15, -0.1) is 0 Å². The summed E-state index contributed by atoms with van der Waals surface area (Å²) in [6.07, 6.45) is 8.89. The van der Waals surface area contributed by atoms with Crippen molar-refractivity contribution < 1.29 is 4.74 Å². The lowest BCUT2D eigenvalue weighted by Gasteiger charge is -2.33. The van der Waals surface area contributed by atoms with Crippen LogP contribution >= 0.6 is 0 Å². The van der Waals surface area contributed by atoms with E-state index in [1.165, 1.54) is 0 Å². The molecule has 1 aliphatic heterocycles. The van der Waals surface area contributed by atoms with Crippen LogP contribution in [0.5, 0.6) is 0 Å². The van der Waals surface area contributed by atoms with Gasteiger partial charge in [0.25, 0.3) is 0 Å². The summed E-state index contributed by atoms with van der Waals surface area (Å²) in [6.45, 7) is 3.96. The highest BCUT2D eigenvalue weighted by molar-refractivity contribution is 5.63. The molecule has 7 heteroatoms. The number of aryl methyl sites for hydroxylation is 4. The van der Waals surface area contributed by atoms with E-state index < -0.39 is 0 Å². The van der Waals surface area contributed by atoms with Gasteiger partial charge in [-0.25, -0.2) is 0 Å². The zero-order valence-corrected chi connectivity index (χ0v) is 16.7. The molecule has 0 aromatic carbocycles. The molecular formula is C21H24N6O. The molecule has 3 heterocycles. The Kier molecular flexibility index (Phi) is 4.34. The molecule has 1 unspecified atom stereocenters. The number of aromatic nitrogens is 4. The van der Waals surface area contributed by atoms with E-state index in [1.54, 1.807) is 4.68 Å². The van der Waals surface area contributed by atoms with E-state index in [2.05, 4.69) is 22.3 Å². The number of ether oxygens (including phenoxy) is 1. The lowest BCUT2D eigenvalue weighted by atomic mass is 9.77. The quantitative estimate of drug-likeness (QED) is 0.869. The molecule has 0 radical (unpaired) electrons. The predicted molar refractivity (Wildman–Crippen MR) is 105 cm³/mol. The predicted octanol–water partition coefficient (Wildman–Crippen LogP) is 3.10. The summed E-state index contributed by atoms with van der Waals surface area (Å²) in [4.78, 5) is 0. The zero-order valence-electron chi connectivity index (χ0n) is 16.7. The van der Waals surface area contributed by atoms with Crippen molar-refractivity contribution in [3.8, 4) is 6.07 Å². The van der Waals surface area contributed by atoms with Crippen LogP contribution in [0.15, 0.2) is 40.8 Å². The van der Waals surface area contributed by atoms with Crippen LogP contribution in [0.4, 0.5) is 0 Å². The first-order valence-corrected chi connectivity index (χ1v) is 9.41. The molecule has 0 saturated carbocycles. The number of nitrogens with two attached hydrogens (primary N) is 1. The molecule has 7 nitrogen and oxygen atoms in total.